The van der Waals surface area contributed by atoms with Crippen LogP contribution in [0.1, 0.15) is 24.0 Å². The molecule has 3 rings (SSSR count). The Morgan fingerprint density at radius 3 is 2.30 bits per heavy atom. The maximum atomic E-state index is 12.6. The largest absolute Gasteiger partial charge is 0.465 e. The Bertz CT molecular complexity index is 834. The van der Waals surface area contributed by atoms with Crippen molar-refractivity contribution in [3.63, 3.8) is 0 Å². The van der Waals surface area contributed by atoms with Crippen molar-refractivity contribution in [2.45, 2.75) is 19.0 Å². The van der Waals surface area contributed by atoms with E-state index in [9.17, 15) is 18.0 Å². The standard InChI is InChI=1S/C20H18F3NO3/c21-20(22,23)16-4-6-17(7-5-16)27-18-3-1-2-15(13-18)12-14-8-10-24(11-9-14)19(25)26/h1-7,12-13H,8-11H2,(H,25,26). The summed E-state index contributed by atoms with van der Waals surface area (Å²) in [5.74, 6) is 0.842. The van der Waals surface area contributed by atoms with Crippen LogP contribution >= 0.6 is 0 Å². The van der Waals surface area contributed by atoms with Crippen molar-refractivity contribution in [2.75, 3.05) is 13.1 Å². The Balaban J connectivity index is 1.67. The lowest BCUT2D eigenvalue weighted by Crippen LogP contribution is -2.35. The quantitative estimate of drug-likeness (QED) is 0.751. The zero-order chi connectivity index (χ0) is 19.4. The highest BCUT2D eigenvalue weighted by Crippen LogP contribution is 2.31. The summed E-state index contributed by atoms with van der Waals surface area (Å²) in [6.07, 6.45) is -1.92. The van der Waals surface area contributed by atoms with Crippen molar-refractivity contribution in [3.05, 3.63) is 65.2 Å². The zero-order valence-electron chi connectivity index (χ0n) is 14.4. The van der Waals surface area contributed by atoms with Crippen molar-refractivity contribution in [1.29, 1.82) is 0 Å². The molecule has 0 bridgehead atoms. The molecule has 0 aliphatic carbocycles. The summed E-state index contributed by atoms with van der Waals surface area (Å²) in [7, 11) is 0. The van der Waals surface area contributed by atoms with E-state index >= 15 is 0 Å². The molecule has 0 saturated carbocycles. The summed E-state index contributed by atoms with van der Waals surface area (Å²) in [5, 5.41) is 8.98. The van der Waals surface area contributed by atoms with Crippen LogP contribution in [0, 0.1) is 0 Å². The number of amides is 1. The minimum atomic E-state index is -4.37. The third kappa shape index (κ3) is 5.03. The highest BCUT2D eigenvalue weighted by molar-refractivity contribution is 5.65. The smallest absolute Gasteiger partial charge is 0.416 e. The summed E-state index contributed by atoms with van der Waals surface area (Å²) in [4.78, 5) is 12.3. The molecule has 1 aliphatic rings. The number of likely N-dealkylation sites (tertiary alicyclic amines) is 1. The maximum Gasteiger partial charge on any atom is 0.416 e. The van der Waals surface area contributed by atoms with Crippen LogP contribution in [0.15, 0.2) is 54.1 Å². The molecular formula is C20H18F3NO3. The number of carboxylic acid groups (broad SMARTS) is 1. The highest BCUT2D eigenvalue weighted by Gasteiger charge is 2.30. The Hall–Kier alpha value is -2.96. The van der Waals surface area contributed by atoms with Gasteiger partial charge in [0.25, 0.3) is 0 Å². The topological polar surface area (TPSA) is 49.8 Å². The van der Waals surface area contributed by atoms with Gasteiger partial charge in [-0.1, -0.05) is 23.8 Å². The monoisotopic (exact) mass is 377 g/mol. The minimum absolute atomic E-state index is 0.322. The normalized spacial score (nSPS) is 14.8. The van der Waals surface area contributed by atoms with Crippen molar-refractivity contribution in [2.24, 2.45) is 0 Å². The maximum absolute atomic E-state index is 12.6. The van der Waals surface area contributed by atoms with Gasteiger partial charge in [-0.2, -0.15) is 13.2 Å². The predicted octanol–water partition coefficient (Wildman–Crippen LogP) is 5.65. The molecule has 0 atom stereocenters. The number of rotatable bonds is 3. The van der Waals surface area contributed by atoms with E-state index in [1.165, 1.54) is 17.0 Å². The molecule has 1 saturated heterocycles. The van der Waals surface area contributed by atoms with Gasteiger partial charge in [0.15, 0.2) is 0 Å². The van der Waals surface area contributed by atoms with Crippen LogP contribution in [0.3, 0.4) is 0 Å². The number of hydrogen-bond acceptors (Lipinski definition) is 2. The molecule has 142 valence electrons. The van der Waals surface area contributed by atoms with Crippen LogP contribution in [-0.4, -0.2) is 29.2 Å². The van der Waals surface area contributed by atoms with Gasteiger partial charge in [-0.25, -0.2) is 4.79 Å². The molecule has 1 amide bonds. The van der Waals surface area contributed by atoms with Crippen LogP contribution in [0.4, 0.5) is 18.0 Å². The second kappa shape index (κ2) is 7.73. The molecule has 0 unspecified atom stereocenters. The van der Waals surface area contributed by atoms with E-state index in [0.717, 1.165) is 23.3 Å². The van der Waals surface area contributed by atoms with Crippen molar-refractivity contribution < 1.29 is 27.8 Å². The van der Waals surface area contributed by atoms with Gasteiger partial charge in [0.2, 0.25) is 0 Å². The molecule has 0 spiro atoms. The van der Waals surface area contributed by atoms with E-state index in [2.05, 4.69) is 0 Å². The molecule has 0 radical (unpaired) electrons. The summed E-state index contributed by atoms with van der Waals surface area (Å²) in [6.45, 7) is 0.950. The third-order valence-corrected chi connectivity index (χ3v) is 4.32. The molecule has 1 aliphatic heterocycles. The molecule has 1 N–H and O–H groups in total. The molecule has 4 nitrogen and oxygen atoms in total. The van der Waals surface area contributed by atoms with Gasteiger partial charge >= 0.3 is 12.3 Å². The van der Waals surface area contributed by atoms with Gasteiger partial charge in [-0.3, -0.25) is 0 Å². The second-order valence-corrected chi connectivity index (χ2v) is 6.27. The van der Waals surface area contributed by atoms with Crippen LogP contribution < -0.4 is 4.74 Å². The predicted molar refractivity (Wildman–Crippen MR) is 94.8 cm³/mol. The summed E-state index contributed by atoms with van der Waals surface area (Å²) < 4.78 is 43.5. The fraction of sp³-hybridized carbons (Fsp3) is 0.250. The number of ether oxygens (including phenoxy) is 1. The number of nitrogens with zero attached hydrogens (tertiary/aromatic N) is 1. The molecule has 27 heavy (non-hydrogen) atoms. The van der Waals surface area contributed by atoms with Gasteiger partial charge in [0, 0.05) is 13.1 Å². The Labute approximate surface area is 154 Å². The Kier molecular flexibility index (Phi) is 5.39. The van der Waals surface area contributed by atoms with E-state index in [1.54, 1.807) is 18.2 Å². The lowest BCUT2D eigenvalue weighted by atomic mass is 10.0. The molecular weight excluding hydrogens is 359 g/mol. The van der Waals surface area contributed by atoms with Crippen LogP contribution in [-0.2, 0) is 6.18 Å². The highest BCUT2D eigenvalue weighted by atomic mass is 19.4. The number of carbonyl (C=O) groups is 1. The van der Waals surface area contributed by atoms with Crippen molar-refractivity contribution in [1.82, 2.24) is 4.90 Å². The lowest BCUT2D eigenvalue weighted by molar-refractivity contribution is -0.137. The van der Waals surface area contributed by atoms with E-state index in [4.69, 9.17) is 9.84 Å². The SMILES string of the molecule is O=C(O)N1CCC(=Cc2cccc(Oc3ccc(C(F)(F)F)cc3)c2)CC1. The first kappa shape index (κ1) is 18.8. The number of halogens is 3. The molecule has 0 aromatic heterocycles. The van der Waals surface area contributed by atoms with Gasteiger partial charge in [-0.05, 0) is 54.8 Å². The molecule has 1 fully saturated rings. The van der Waals surface area contributed by atoms with E-state index in [-0.39, 0.29) is 0 Å². The number of hydrogen-bond donors (Lipinski definition) is 1. The van der Waals surface area contributed by atoms with Crippen LogP contribution in [0.5, 0.6) is 11.5 Å². The van der Waals surface area contributed by atoms with Gasteiger partial charge in [0.05, 0.1) is 5.56 Å². The number of benzene rings is 2. The third-order valence-electron chi connectivity index (χ3n) is 4.32. The van der Waals surface area contributed by atoms with Gasteiger partial charge in [0.1, 0.15) is 11.5 Å². The number of alkyl halides is 3. The van der Waals surface area contributed by atoms with E-state index in [1.807, 2.05) is 12.1 Å². The second-order valence-electron chi connectivity index (χ2n) is 6.27. The van der Waals surface area contributed by atoms with E-state index in [0.29, 0.717) is 37.4 Å². The van der Waals surface area contributed by atoms with Crippen LogP contribution in [0.2, 0.25) is 0 Å². The average molecular weight is 377 g/mol. The molecule has 1 heterocycles. The fourth-order valence-electron chi connectivity index (χ4n) is 2.88. The minimum Gasteiger partial charge on any atom is -0.465 e. The molecule has 7 heteroatoms. The van der Waals surface area contributed by atoms with Crippen molar-refractivity contribution in [3.8, 4) is 11.5 Å². The Morgan fingerprint density at radius 1 is 1.04 bits per heavy atom. The summed E-state index contributed by atoms with van der Waals surface area (Å²) in [5.41, 5.74) is 1.33. The van der Waals surface area contributed by atoms with Crippen molar-refractivity contribution >= 4 is 12.2 Å². The Morgan fingerprint density at radius 2 is 1.70 bits per heavy atom. The summed E-state index contributed by atoms with van der Waals surface area (Å²) in [6, 6.07) is 11.8. The first-order chi connectivity index (χ1) is 12.8. The van der Waals surface area contributed by atoms with Crippen LogP contribution in [0.25, 0.3) is 6.08 Å². The molecule has 2 aromatic carbocycles. The first-order valence-electron chi connectivity index (χ1n) is 8.44. The lowest BCUT2D eigenvalue weighted by Gasteiger charge is -2.25. The number of piperidine rings is 1. The van der Waals surface area contributed by atoms with Gasteiger partial charge in [-0.15, -0.1) is 0 Å². The average Bonchev–Trinajstić information content (AvgIpc) is 2.62. The molecule has 2 aromatic rings. The van der Waals surface area contributed by atoms with E-state index < -0.39 is 17.8 Å². The van der Waals surface area contributed by atoms with Gasteiger partial charge < -0.3 is 14.7 Å². The zero-order valence-corrected chi connectivity index (χ0v) is 14.4. The fourth-order valence-corrected chi connectivity index (χ4v) is 2.88. The first-order valence-corrected chi connectivity index (χ1v) is 8.44. The summed E-state index contributed by atoms with van der Waals surface area (Å²) >= 11 is 0.